The minimum atomic E-state index is -0.524. The molecular formula is C31H44N2O9. The van der Waals surface area contributed by atoms with Gasteiger partial charge in [-0.1, -0.05) is 38.5 Å². The van der Waals surface area contributed by atoms with Crippen LogP contribution in [0.4, 0.5) is 4.79 Å². The van der Waals surface area contributed by atoms with Crippen LogP contribution in [0.3, 0.4) is 0 Å². The van der Waals surface area contributed by atoms with Crippen LogP contribution in [0.5, 0.6) is 0 Å². The van der Waals surface area contributed by atoms with Crippen LogP contribution in [-0.2, 0) is 33.3 Å². The van der Waals surface area contributed by atoms with Gasteiger partial charge in [0, 0.05) is 39.0 Å². The quantitative estimate of drug-likeness (QED) is 0.172. The highest BCUT2D eigenvalue weighted by atomic mass is 16.6. The van der Waals surface area contributed by atoms with Crippen molar-refractivity contribution in [2.45, 2.75) is 95.7 Å². The van der Waals surface area contributed by atoms with Gasteiger partial charge in [-0.05, 0) is 37.3 Å². The van der Waals surface area contributed by atoms with Gasteiger partial charge in [-0.3, -0.25) is 4.79 Å². The molecule has 3 rings (SSSR count). The highest BCUT2D eigenvalue weighted by molar-refractivity contribution is 5.82. The Morgan fingerprint density at radius 2 is 1.88 bits per heavy atom. The monoisotopic (exact) mass is 588 g/mol. The van der Waals surface area contributed by atoms with Gasteiger partial charge in [-0.2, -0.15) is 0 Å². The molecule has 2 aliphatic rings. The molecule has 42 heavy (non-hydrogen) atoms. The maximum atomic E-state index is 12.8. The summed E-state index contributed by atoms with van der Waals surface area (Å²) in [4.78, 5) is 40.7. The molecule has 0 aliphatic carbocycles. The first-order chi connectivity index (χ1) is 20.3. The van der Waals surface area contributed by atoms with Gasteiger partial charge in [0.15, 0.2) is 0 Å². The number of nitrogens with one attached hydrogen (secondary N) is 1. The number of carbonyl (C=O) groups excluding carboxylic acids is 3. The lowest BCUT2D eigenvalue weighted by Crippen LogP contribution is -2.41. The molecule has 2 bridgehead atoms. The predicted octanol–water partition coefficient (Wildman–Crippen LogP) is 5.01. The van der Waals surface area contributed by atoms with E-state index < -0.39 is 12.1 Å². The zero-order chi connectivity index (χ0) is 30.3. The Morgan fingerprint density at radius 3 is 2.64 bits per heavy atom. The molecule has 1 N–H and O–H groups in total. The number of aromatic nitrogens is 1. The van der Waals surface area contributed by atoms with Crippen molar-refractivity contribution < 1.29 is 42.5 Å². The van der Waals surface area contributed by atoms with E-state index >= 15 is 0 Å². The maximum absolute atomic E-state index is 12.8. The molecule has 0 aromatic carbocycles. The molecule has 0 radical (unpaired) electrons. The van der Waals surface area contributed by atoms with Crippen LogP contribution in [-0.4, -0.2) is 74.3 Å². The molecule has 2 fully saturated rings. The fraction of sp³-hybridized carbons (Fsp3) is 0.613. The number of hydrogen-bond acceptors (Lipinski definition) is 10. The number of hydrogen-bond donors (Lipinski definition) is 1. The molecule has 2 aliphatic heterocycles. The first-order valence-electron chi connectivity index (χ1n) is 14.6. The lowest BCUT2D eigenvalue weighted by molar-refractivity contribution is -0.168. The standard InChI is InChI=1S/C31H44N2O9/c1-5-9-23-16-24(37-3)14-21(2)15-25-17-26(18-27(40-25)19-30(35)41-23)42-29(34)12-7-6-10-22-20-39-28(33-22)11-8-13-32-31(36)38-4/h6-8,10-12,20-21,23-27H,5,9,13-19H2,1-4H3,(H,32,36)/b10-6+,11-8-,12-7-/t21-,23-,24-,25+,26+,27+/m0/s1. The van der Waals surface area contributed by atoms with Crippen LogP contribution < -0.4 is 5.32 Å². The fourth-order valence-electron chi connectivity index (χ4n) is 5.31. The maximum Gasteiger partial charge on any atom is 0.407 e. The predicted molar refractivity (Wildman–Crippen MR) is 155 cm³/mol. The van der Waals surface area contributed by atoms with Gasteiger partial charge in [0.2, 0.25) is 5.89 Å². The highest BCUT2D eigenvalue weighted by Gasteiger charge is 2.35. The molecular weight excluding hydrogens is 544 g/mol. The molecule has 2 saturated heterocycles. The first-order valence-corrected chi connectivity index (χ1v) is 14.6. The van der Waals surface area contributed by atoms with E-state index in [1.165, 1.54) is 19.4 Å². The Labute approximate surface area is 247 Å². The zero-order valence-corrected chi connectivity index (χ0v) is 25.0. The van der Waals surface area contributed by atoms with Crippen molar-refractivity contribution in [3.8, 4) is 0 Å². The molecule has 0 saturated carbocycles. The van der Waals surface area contributed by atoms with Crippen molar-refractivity contribution in [2.24, 2.45) is 5.92 Å². The van der Waals surface area contributed by atoms with Gasteiger partial charge in [0.25, 0.3) is 0 Å². The van der Waals surface area contributed by atoms with Crippen LogP contribution in [0, 0.1) is 5.92 Å². The average Bonchev–Trinajstić information content (AvgIpc) is 3.39. The van der Waals surface area contributed by atoms with E-state index in [9.17, 15) is 14.4 Å². The van der Waals surface area contributed by atoms with Gasteiger partial charge in [-0.25, -0.2) is 14.6 Å². The van der Waals surface area contributed by atoms with E-state index in [-0.39, 0.29) is 49.5 Å². The molecule has 0 spiro atoms. The minimum absolute atomic E-state index is 0.00520. The SMILES string of the molecule is CCC[C@H]1C[C@@H](OC)C[C@H](C)C[C@@H]2C[C@@H](OC(=O)/C=C\C=C\c3coc(/C=C\CNC(=O)OC)n3)C[C@H](CC(=O)O1)O2. The van der Waals surface area contributed by atoms with E-state index in [2.05, 4.69) is 28.9 Å². The molecule has 11 nitrogen and oxygen atoms in total. The summed E-state index contributed by atoms with van der Waals surface area (Å²) in [6, 6.07) is 0. The first kappa shape index (κ1) is 33.1. The number of oxazole rings is 1. The van der Waals surface area contributed by atoms with E-state index in [1.807, 2.05) is 0 Å². The number of ether oxygens (including phenoxy) is 5. The molecule has 232 valence electrons. The third-order valence-electron chi connectivity index (χ3n) is 7.17. The number of rotatable bonds is 10. The Morgan fingerprint density at radius 1 is 1.07 bits per heavy atom. The van der Waals surface area contributed by atoms with Crippen molar-refractivity contribution in [3.05, 3.63) is 42.2 Å². The summed E-state index contributed by atoms with van der Waals surface area (Å²) in [5.74, 6) is -0.0510. The third kappa shape index (κ3) is 11.8. The Hall–Kier alpha value is -3.44. The van der Waals surface area contributed by atoms with Gasteiger partial charge in [0.05, 0.1) is 31.8 Å². The van der Waals surface area contributed by atoms with E-state index in [0.29, 0.717) is 36.8 Å². The number of carbonyl (C=O) groups is 3. The van der Waals surface area contributed by atoms with Gasteiger partial charge >= 0.3 is 18.0 Å². The third-order valence-corrected chi connectivity index (χ3v) is 7.17. The van der Waals surface area contributed by atoms with E-state index in [4.69, 9.17) is 23.4 Å². The minimum Gasteiger partial charge on any atom is -0.462 e. The molecule has 0 unspecified atom stereocenters. The number of alkyl carbamates (subject to hydrolysis) is 1. The average molecular weight is 589 g/mol. The van der Waals surface area contributed by atoms with Crippen molar-refractivity contribution in [3.63, 3.8) is 0 Å². The van der Waals surface area contributed by atoms with E-state index in [1.54, 1.807) is 37.5 Å². The number of amides is 1. The summed E-state index contributed by atoms with van der Waals surface area (Å²) >= 11 is 0. The lowest BCUT2D eigenvalue weighted by Gasteiger charge is -2.37. The fourth-order valence-corrected chi connectivity index (χ4v) is 5.31. The van der Waals surface area contributed by atoms with Crippen molar-refractivity contribution in [2.75, 3.05) is 20.8 Å². The summed E-state index contributed by atoms with van der Waals surface area (Å²) < 4.78 is 33.4. The zero-order valence-electron chi connectivity index (χ0n) is 25.0. The van der Waals surface area contributed by atoms with Gasteiger partial charge < -0.3 is 33.4 Å². The topological polar surface area (TPSA) is 135 Å². The van der Waals surface area contributed by atoms with Crippen molar-refractivity contribution in [1.29, 1.82) is 0 Å². The number of cyclic esters (lactones) is 1. The second kappa shape index (κ2) is 17.5. The van der Waals surface area contributed by atoms with Gasteiger partial charge in [0.1, 0.15) is 24.2 Å². The van der Waals surface area contributed by atoms with E-state index in [0.717, 1.165) is 25.7 Å². The van der Waals surface area contributed by atoms with Gasteiger partial charge in [-0.15, -0.1) is 0 Å². The Kier molecular flexibility index (Phi) is 13.8. The largest absolute Gasteiger partial charge is 0.462 e. The summed E-state index contributed by atoms with van der Waals surface area (Å²) in [6.45, 7) is 4.53. The molecule has 1 aromatic heterocycles. The number of methoxy groups -OCH3 is 2. The van der Waals surface area contributed by atoms with Crippen molar-refractivity contribution >= 4 is 30.2 Å². The molecule has 1 amide bonds. The highest BCUT2D eigenvalue weighted by Crippen LogP contribution is 2.31. The summed E-state index contributed by atoms with van der Waals surface area (Å²) in [5, 5.41) is 2.52. The second-order valence-electron chi connectivity index (χ2n) is 10.8. The smallest absolute Gasteiger partial charge is 0.407 e. The number of allylic oxidation sites excluding steroid dienone is 2. The summed E-state index contributed by atoms with van der Waals surface area (Å²) in [6.07, 6.45) is 14.7. The van der Waals surface area contributed by atoms with Crippen molar-refractivity contribution in [1.82, 2.24) is 10.3 Å². The summed E-state index contributed by atoms with van der Waals surface area (Å²) in [5.41, 5.74) is 0.565. The molecule has 6 atom stereocenters. The normalized spacial score (nSPS) is 27.4. The molecule has 1 aromatic rings. The Bertz CT molecular complexity index is 1100. The number of esters is 2. The van der Waals surface area contributed by atoms with Crippen LogP contribution >= 0.6 is 0 Å². The number of fused-ring (bicyclic) bond motifs is 2. The van der Waals surface area contributed by atoms with Crippen LogP contribution in [0.2, 0.25) is 0 Å². The van der Waals surface area contributed by atoms with Crippen LogP contribution in [0.1, 0.15) is 76.8 Å². The summed E-state index contributed by atoms with van der Waals surface area (Å²) in [7, 11) is 3.00. The van der Waals surface area contributed by atoms with Crippen LogP contribution in [0.25, 0.3) is 12.2 Å². The number of nitrogens with zero attached hydrogens (tertiary/aromatic N) is 1. The Balaban J connectivity index is 1.53. The van der Waals surface area contributed by atoms with Crippen LogP contribution in [0.15, 0.2) is 35.0 Å². The molecule has 3 heterocycles. The molecule has 11 heteroatoms. The second-order valence-corrected chi connectivity index (χ2v) is 10.8. The lowest BCUT2D eigenvalue weighted by atomic mass is 9.89.